The van der Waals surface area contributed by atoms with Crippen LogP contribution in [-0.2, 0) is 4.79 Å². The Bertz CT molecular complexity index is 774. The van der Waals surface area contributed by atoms with Gasteiger partial charge in [-0.15, -0.1) is 0 Å². The van der Waals surface area contributed by atoms with Gasteiger partial charge >= 0.3 is 0 Å². The molecule has 0 heterocycles. The lowest BCUT2D eigenvalue weighted by atomic mass is 10.1. The Morgan fingerprint density at radius 3 is 2.50 bits per heavy atom. The number of nitriles is 1. The lowest BCUT2D eigenvalue weighted by molar-refractivity contribution is -0.385. The van der Waals surface area contributed by atoms with E-state index >= 15 is 0 Å². The second kappa shape index (κ2) is 6.81. The number of nitro groups is 1. The molecule has 0 atom stereocenters. The Labute approximate surface area is 126 Å². The third-order valence-electron chi connectivity index (χ3n) is 2.83. The molecule has 0 bridgehead atoms. The van der Waals surface area contributed by atoms with Crippen LogP contribution < -0.4 is 5.32 Å². The van der Waals surface area contributed by atoms with Crippen molar-refractivity contribution in [1.82, 2.24) is 0 Å². The summed E-state index contributed by atoms with van der Waals surface area (Å²) >= 11 is 0. The van der Waals surface area contributed by atoms with Crippen molar-refractivity contribution >= 4 is 23.4 Å². The highest BCUT2D eigenvalue weighted by atomic mass is 16.6. The van der Waals surface area contributed by atoms with Gasteiger partial charge in [0.15, 0.2) is 0 Å². The average Bonchev–Trinajstić information content (AvgIpc) is 2.54. The molecule has 2 rings (SSSR count). The van der Waals surface area contributed by atoms with Gasteiger partial charge in [-0.1, -0.05) is 12.1 Å². The van der Waals surface area contributed by atoms with Crippen LogP contribution >= 0.6 is 0 Å². The maximum absolute atomic E-state index is 11.8. The summed E-state index contributed by atoms with van der Waals surface area (Å²) in [6, 6.07) is 14.5. The van der Waals surface area contributed by atoms with Gasteiger partial charge in [0, 0.05) is 17.8 Å². The molecule has 0 saturated carbocycles. The predicted octanol–water partition coefficient (Wildman–Crippen LogP) is 3.12. The van der Waals surface area contributed by atoms with E-state index in [1.165, 1.54) is 18.2 Å². The molecule has 0 fully saturated rings. The van der Waals surface area contributed by atoms with Gasteiger partial charge < -0.3 is 5.32 Å². The number of carbonyl (C=O) groups excluding carboxylic acids is 1. The molecule has 0 radical (unpaired) electrons. The van der Waals surface area contributed by atoms with Crippen LogP contribution in [0, 0.1) is 21.4 Å². The number of rotatable bonds is 4. The zero-order chi connectivity index (χ0) is 15.9. The molecule has 2 aromatic carbocycles. The van der Waals surface area contributed by atoms with Crippen LogP contribution in [0.2, 0.25) is 0 Å². The minimum atomic E-state index is -0.502. The first kappa shape index (κ1) is 14.9. The molecule has 0 aliphatic rings. The summed E-state index contributed by atoms with van der Waals surface area (Å²) in [5.41, 5.74) is 1.32. The molecule has 0 aromatic heterocycles. The number of carbonyl (C=O) groups is 1. The van der Waals surface area contributed by atoms with Crippen LogP contribution in [0.4, 0.5) is 11.4 Å². The number of nitro benzene ring substituents is 1. The number of nitrogens with one attached hydrogen (secondary N) is 1. The first-order valence-electron chi connectivity index (χ1n) is 6.33. The van der Waals surface area contributed by atoms with E-state index in [0.29, 0.717) is 16.8 Å². The van der Waals surface area contributed by atoms with Crippen molar-refractivity contribution in [3.63, 3.8) is 0 Å². The molecular formula is C16H11N3O3. The van der Waals surface area contributed by atoms with Crippen LogP contribution in [0.3, 0.4) is 0 Å². The van der Waals surface area contributed by atoms with Gasteiger partial charge in [0.1, 0.15) is 0 Å². The van der Waals surface area contributed by atoms with Crippen molar-refractivity contribution in [2.24, 2.45) is 0 Å². The molecule has 0 aliphatic heterocycles. The highest BCUT2D eigenvalue weighted by Crippen LogP contribution is 2.19. The highest BCUT2D eigenvalue weighted by Gasteiger charge is 2.09. The van der Waals surface area contributed by atoms with E-state index in [2.05, 4.69) is 5.32 Å². The molecule has 0 unspecified atom stereocenters. The minimum absolute atomic E-state index is 0.0649. The van der Waals surface area contributed by atoms with Crippen molar-refractivity contribution in [3.8, 4) is 6.07 Å². The normalized spacial score (nSPS) is 10.1. The molecule has 0 saturated heterocycles. The Kier molecular flexibility index (Phi) is 4.63. The number of anilines is 1. The van der Waals surface area contributed by atoms with Gasteiger partial charge in [0.2, 0.25) is 5.91 Å². The van der Waals surface area contributed by atoms with Crippen LogP contribution in [0.15, 0.2) is 54.6 Å². The van der Waals surface area contributed by atoms with Crippen LogP contribution in [0.5, 0.6) is 0 Å². The molecule has 22 heavy (non-hydrogen) atoms. The van der Waals surface area contributed by atoms with Crippen molar-refractivity contribution < 1.29 is 9.72 Å². The van der Waals surface area contributed by atoms with Gasteiger partial charge in [-0.3, -0.25) is 14.9 Å². The molecule has 6 heteroatoms. The first-order valence-corrected chi connectivity index (χ1v) is 6.33. The van der Waals surface area contributed by atoms with Crippen LogP contribution in [0.25, 0.3) is 6.08 Å². The lowest BCUT2D eigenvalue weighted by Crippen LogP contribution is -2.07. The van der Waals surface area contributed by atoms with E-state index in [-0.39, 0.29) is 5.69 Å². The summed E-state index contributed by atoms with van der Waals surface area (Å²) in [6.07, 6.45) is 2.61. The third-order valence-corrected chi connectivity index (χ3v) is 2.83. The number of nitrogens with zero attached hydrogens (tertiary/aromatic N) is 2. The summed E-state index contributed by atoms with van der Waals surface area (Å²) < 4.78 is 0. The monoisotopic (exact) mass is 293 g/mol. The summed E-state index contributed by atoms with van der Waals surface area (Å²) in [5, 5.41) is 22.2. The Morgan fingerprint density at radius 1 is 1.18 bits per heavy atom. The maximum Gasteiger partial charge on any atom is 0.276 e. The quantitative estimate of drug-likeness (QED) is 0.532. The number of amides is 1. The molecule has 108 valence electrons. The molecular weight excluding hydrogens is 282 g/mol. The smallest absolute Gasteiger partial charge is 0.276 e. The maximum atomic E-state index is 11.8. The summed E-state index contributed by atoms with van der Waals surface area (Å²) in [4.78, 5) is 22.1. The van der Waals surface area contributed by atoms with Crippen molar-refractivity contribution in [1.29, 1.82) is 5.26 Å². The largest absolute Gasteiger partial charge is 0.323 e. The van der Waals surface area contributed by atoms with Crippen molar-refractivity contribution in [2.75, 3.05) is 5.32 Å². The van der Waals surface area contributed by atoms with E-state index in [9.17, 15) is 14.9 Å². The number of benzene rings is 2. The third kappa shape index (κ3) is 3.77. The average molecular weight is 293 g/mol. The lowest BCUT2D eigenvalue weighted by Gasteiger charge is -2.01. The van der Waals surface area contributed by atoms with Crippen LogP contribution in [0.1, 0.15) is 11.1 Å². The van der Waals surface area contributed by atoms with E-state index in [4.69, 9.17) is 5.26 Å². The predicted molar refractivity (Wildman–Crippen MR) is 81.9 cm³/mol. The minimum Gasteiger partial charge on any atom is -0.323 e. The fraction of sp³-hybridized carbons (Fsp3) is 0. The van der Waals surface area contributed by atoms with E-state index in [1.54, 1.807) is 42.5 Å². The Morgan fingerprint density at radius 2 is 1.86 bits per heavy atom. The van der Waals surface area contributed by atoms with E-state index in [0.717, 1.165) is 0 Å². The molecule has 1 N–H and O–H groups in total. The van der Waals surface area contributed by atoms with Gasteiger partial charge in [-0.05, 0) is 36.4 Å². The summed E-state index contributed by atoms with van der Waals surface area (Å²) in [5.74, 6) is -0.414. The number of para-hydroxylation sites is 1. The fourth-order valence-electron chi connectivity index (χ4n) is 1.77. The number of hydrogen-bond donors (Lipinski definition) is 1. The van der Waals surface area contributed by atoms with E-state index < -0.39 is 10.8 Å². The Hall–Kier alpha value is -3.46. The molecule has 6 nitrogen and oxygen atoms in total. The zero-order valence-electron chi connectivity index (χ0n) is 11.4. The standard InChI is InChI=1S/C16H11N3O3/c17-11-12-5-8-14(9-6-12)18-16(20)10-7-13-3-1-2-4-15(13)19(21)22/h1-10H,(H,18,20). The zero-order valence-corrected chi connectivity index (χ0v) is 11.4. The number of hydrogen-bond acceptors (Lipinski definition) is 4. The SMILES string of the molecule is N#Cc1ccc(NC(=O)C=Cc2ccccc2[N+](=O)[O-])cc1. The second-order valence-corrected chi connectivity index (χ2v) is 4.33. The molecule has 1 amide bonds. The fourth-order valence-corrected chi connectivity index (χ4v) is 1.77. The topological polar surface area (TPSA) is 96.0 Å². The van der Waals surface area contributed by atoms with Crippen LogP contribution in [-0.4, -0.2) is 10.8 Å². The summed E-state index contributed by atoms with van der Waals surface area (Å²) in [7, 11) is 0. The second-order valence-electron chi connectivity index (χ2n) is 4.33. The van der Waals surface area contributed by atoms with Crippen molar-refractivity contribution in [3.05, 3.63) is 75.8 Å². The van der Waals surface area contributed by atoms with E-state index in [1.807, 2.05) is 6.07 Å². The molecule has 0 spiro atoms. The van der Waals surface area contributed by atoms with Gasteiger partial charge in [-0.25, -0.2) is 0 Å². The molecule has 2 aromatic rings. The van der Waals surface area contributed by atoms with Gasteiger partial charge in [0.25, 0.3) is 5.69 Å². The Balaban J connectivity index is 2.08. The van der Waals surface area contributed by atoms with Gasteiger partial charge in [-0.2, -0.15) is 5.26 Å². The first-order chi connectivity index (χ1) is 10.6. The summed E-state index contributed by atoms with van der Waals surface area (Å²) in [6.45, 7) is 0. The van der Waals surface area contributed by atoms with Gasteiger partial charge in [0.05, 0.1) is 22.1 Å². The highest BCUT2D eigenvalue weighted by molar-refractivity contribution is 6.02. The molecule has 0 aliphatic carbocycles. The van der Waals surface area contributed by atoms with Crippen molar-refractivity contribution in [2.45, 2.75) is 0 Å².